The molecule has 1 fully saturated rings. The fourth-order valence-corrected chi connectivity index (χ4v) is 1.55. The summed E-state index contributed by atoms with van der Waals surface area (Å²) in [6.07, 6.45) is 1.76. The van der Waals surface area contributed by atoms with E-state index in [0.717, 1.165) is 26.1 Å². The van der Waals surface area contributed by atoms with Gasteiger partial charge in [-0.15, -0.1) is 0 Å². The lowest BCUT2D eigenvalue weighted by Gasteiger charge is -2.36. The molecular weight excluding hydrogens is 170 g/mol. The van der Waals surface area contributed by atoms with Crippen LogP contribution >= 0.6 is 0 Å². The van der Waals surface area contributed by atoms with Crippen LogP contribution in [0, 0.1) is 0 Å². The van der Waals surface area contributed by atoms with Gasteiger partial charge in [0.1, 0.15) is 6.04 Å². The number of hydrogen-bond donors (Lipinski definition) is 2. The van der Waals surface area contributed by atoms with Crippen LogP contribution in [0.2, 0.25) is 0 Å². The molecule has 1 saturated heterocycles. The van der Waals surface area contributed by atoms with Gasteiger partial charge in [-0.25, -0.2) is 0 Å². The number of aliphatic carboxylic acids is 1. The van der Waals surface area contributed by atoms with E-state index in [1.54, 1.807) is 6.92 Å². The van der Waals surface area contributed by atoms with Gasteiger partial charge in [0.05, 0.1) is 0 Å². The maximum absolute atomic E-state index is 10.6. The van der Waals surface area contributed by atoms with Gasteiger partial charge in [0.15, 0.2) is 0 Å². The first-order chi connectivity index (χ1) is 6.03. The zero-order valence-electron chi connectivity index (χ0n) is 8.17. The van der Waals surface area contributed by atoms with Crippen LogP contribution < -0.4 is 5.32 Å². The second-order valence-electron chi connectivity index (χ2n) is 3.88. The molecule has 1 rings (SSSR count). The maximum atomic E-state index is 10.6. The van der Waals surface area contributed by atoms with Crippen LogP contribution in [-0.4, -0.2) is 35.9 Å². The fourth-order valence-electron chi connectivity index (χ4n) is 1.55. The van der Waals surface area contributed by atoms with Gasteiger partial charge >= 0.3 is 5.97 Å². The van der Waals surface area contributed by atoms with Crippen LogP contribution in [0.15, 0.2) is 0 Å². The molecule has 0 bridgehead atoms. The lowest BCUT2D eigenvalue weighted by atomic mass is 9.91. The molecule has 0 aliphatic carbocycles. The molecule has 76 valence electrons. The Balaban J connectivity index is 2.45. The average molecular weight is 187 g/mol. The van der Waals surface area contributed by atoms with E-state index in [-0.39, 0.29) is 5.54 Å². The van der Waals surface area contributed by atoms with Crippen molar-refractivity contribution in [2.24, 2.45) is 0 Å². The monoisotopic (exact) mass is 187 g/mol. The highest BCUT2D eigenvalue weighted by Crippen LogP contribution is 2.20. The summed E-state index contributed by atoms with van der Waals surface area (Å²) >= 11 is 0. The molecule has 4 nitrogen and oxygen atoms in total. The third-order valence-electron chi connectivity index (χ3n) is 2.53. The predicted octanol–water partition coefficient (Wildman–Crippen LogP) is 0.618. The van der Waals surface area contributed by atoms with Crippen LogP contribution in [0.1, 0.15) is 26.7 Å². The SMILES string of the molecule is CC(NC1(C)CCOCC1)C(=O)O. The summed E-state index contributed by atoms with van der Waals surface area (Å²) in [6, 6.07) is -0.483. The number of carboxylic acid groups (broad SMARTS) is 1. The standard InChI is InChI=1S/C9H17NO3/c1-7(8(11)12)10-9(2)3-5-13-6-4-9/h7,10H,3-6H2,1-2H3,(H,11,12). The average Bonchev–Trinajstić information content (AvgIpc) is 2.04. The first-order valence-corrected chi connectivity index (χ1v) is 4.62. The van der Waals surface area contributed by atoms with Crippen molar-refractivity contribution in [1.29, 1.82) is 0 Å². The third kappa shape index (κ3) is 2.97. The van der Waals surface area contributed by atoms with Crippen LogP contribution in [0.3, 0.4) is 0 Å². The zero-order chi connectivity index (χ0) is 9.90. The highest BCUT2D eigenvalue weighted by molar-refractivity contribution is 5.72. The quantitative estimate of drug-likeness (QED) is 0.680. The van der Waals surface area contributed by atoms with Crippen LogP contribution in [0.4, 0.5) is 0 Å². The van der Waals surface area contributed by atoms with Crippen molar-refractivity contribution in [3.63, 3.8) is 0 Å². The van der Waals surface area contributed by atoms with E-state index in [1.165, 1.54) is 0 Å². The van der Waals surface area contributed by atoms with E-state index < -0.39 is 12.0 Å². The number of carboxylic acids is 1. The molecule has 0 aromatic carbocycles. The summed E-state index contributed by atoms with van der Waals surface area (Å²) in [7, 11) is 0. The summed E-state index contributed by atoms with van der Waals surface area (Å²) in [5, 5.41) is 11.8. The number of rotatable bonds is 3. The Morgan fingerprint density at radius 3 is 2.54 bits per heavy atom. The molecule has 0 saturated carbocycles. The van der Waals surface area contributed by atoms with E-state index >= 15 is 0 Å². The van der Waals surface area contributed by atoms with E-state index in [2.05, 4.69) is 12.2 Å². The van der Waals surface area contributed by atoms with E-state index in [4.69, 9.17) is 9.84 Å². The highest BCUT2D eigenvalue weighted by Gasteiger charge is 2.30. The summed E-state index contributed by atoms with van der Waals surface area (Å²) in [5.41, 5.74) is -0.0734. The molecule has 0 spiro atoms. The Kier molecular flexibility index (Phi) is 3.27. The molecule has 13 heavy (non-hydrogen) atoms. The second-order valence-corrected chi connectivity index (χ2v) is 3.88. The molecule has 2 N–H and O–H groups in total. The summed E-state index contributed by atoms with van der Waals surface area (Å²) < 4.78 is 5.22. The lowest BCUT2D eigenvalue weighted by molar-refractivity contribution is -0.139. The molecule has 1 atom stereocenters. The van der Waals surface area contributed by atoms with Gasteiger partial charge in [0.25, 0.3) is 0 Å². The van der Waals surface area contributed by atoms with Crippen molar-refractivity contribution in [2.75, 3.05) is 13.2 Å². The molecule has 0 aromatic rings. The van der Waals surface area contributed by atoms with Gasteiger partial charge in [0.2, 0.25) is 0 Å². The van der Waals surface area contributed by atoms with Crippen molar-refractivity contribution >= 4 is 5.97 Å². The largest absolute Gasteiger partial charge is 0.480 e. The normalized spacial score (nSPS) is 23.8. The van der Waals surface area contributed by atoms with Crippen LogP contribution in [0.5, 0.6) is 0 Å². The van der Waals surface area contributed by atoms with Crippen molar-refractivity contribution in [1.82, 2.24) is 5.32 Å². The summed E-state index contributed by atoms with van der Waals surface area (Å²) in [4.78, 5) is 10.6. The van der Waals surface area contributed by atoms with Crippen LogP contribution in [-0.2, 0) is 9.53 Å². The minimum atomic E-state index is -0.798. The molecule has 4 heteroatoms. The first-order valence-electron chi connectivity index (χ1n) is 4.62. The smallest absolute Gasteiger partial charge is 0.320 e. The molecule has 1 unspecified atom stereocenters. The van der Waals surface area contributed by atoms with Gasteiger partial charge < -0.3 is 9.84 Å². The van der Waals surface area contributed by atoms with Crippen molar-refractivity contribution in [2.45, 2.75) is 38.3 Å². The summed E-state index contributed by atoms with van der Waals surface area (Å²) in [5.74, 6) is -0.798. The maximum Gasteiger partial charge on any atom is 0.320 e. The molecule has 0 radical (unpaired) electrons. The minimum absolute atomic E-state index is 0.0734. The minimum Gasteiger partial charge on any atom is -0.480 e. The van der Waals surface area contributed by atoms with Gasteiger partial charge in [-0.05, 0) is 26.7 Å². The van der Waals surface area contributed by atoms with E-state index in [0.29, 0.717) is 0 Å². The fraction of sp³-hybridized carbons (Fsp3) is 0.889. The molecule has 1 aliphatic heterocycles. The Hall–Kier alpha value is -0.610. The predicted molar refractivity (Wildman–Crippen MR) is 48.7 cm³/mol. The van der Waals surface area contributed by atoms with Gasteiger partial charge in [0, 0.05) is 18.8 Å². The molecule has 0 amide bonds. The molecule has 1 heterocycles. The Morgan fingerprint density at radius 2 is 2.08 bits per heavy atom. The Morgan fingerprint density at radius 1 is 1.54 bits per heavy atom. The molecular formula is C9H17NO3. The third-order valence-corrected chi connectivity index (χ3v) is 2.53. The van der Waals surface area contributed by atoms with Gasteiger partial charge in [-0.1, -0.05) is 0 Å². The Bertz CT molecular complexity index is 187. The van der Waals surface area contributed by atoms with E-state index in [9.17, 15) is 4.79 Å². The number of ether oxygens (including phenoxy) is 1. The lowest BCUT2D eigenvalue weighted by Crippen LogP contribution is -2.52. The second kappa shape index (κ2) is 4.07. The van der Waals surface area contributed by atoms with Gasteiger partial charge in [-0.3, -0.25) is 10.1 Å². The zero-order valence-corrected chi connectivity index (χ0v) is 8.17. The molecule has 0 aromatic heterocycles. The van der Waals surface area contributed by atoms with Crippen molar-refractivity contribution in [3.8, 4) is 0 Å². The van der Waals surface area contributed by atoms with E-state index in [1.807, 2.05) is 0 Å². The number of carbonyl (C=O) groups is 1. The molecule has 1 aliphatic rings. The van der Waals surface area contributed by atoms with Crippen molar-refractivity contribution < 1.29 is 14.6 Å². The van der Waals surface area contributed by atoms with Crippen LogP contribution in [0.25, 0.3) is 0 Å². The number of nitrogens with one attached hydrogen (secondary N) is 1. The summed E-state index contributed by atoms with van der Waals surface area (Å²) in [6.45, 7) is 5.16. The Labute approximate surface area is 78.3 Å². The highest BCUT2D eigenvalue weighted by atomic mass is 16.5. The number of hydrogen-bond acceptors (Lipinski definition) is 3. The van der Waals surface area contributed by atoms with Crippen molar-refractivity contribution in [3.05, 3.63) is 0 Å². The first kappa shape index (κ1) is 10.5. The van der Waals surface area contributed by atoms with Gasteiger partial charge in [-0.2, -0.15) is 0 Å². The topological polar surface area (TPSA) is 58.6 Å².